The van der Waals surface area contributed by atoms with Crippen molar-refractivity contribution < 1.29 is 33.9 Å². The zero-order valence-electron chi connectivity index (χ0n) is 17.3. The highest BCUT2D eigenvalue weighted by molar-refractivity contribution is 5.93. The highest BCUT2D eigenvalue weighted by atomic mass is 16.4. The normalized spacial score (nSPS) is 10.5. The van der Waals surface area contributed by atoms with E-state index in [1.54, 1.807) is 0 Å². The van der Waals surface area contributed by atoms with E-state index in [9.17, 15) is 19.2 Å². The third-order valence-corrected chi connectivity index (χ3v) is 3.63. The van der Waals surface area contributed by atoms with Crippen LogP contribution in [0.3, 0.4) is 0 Å². The third kappa shape index (κ3) is 12.2. The average Bonchev–Trinajstić information content (AvgIpc) is 2.67. The predicted octanol–water partition coefficient (Wildman–Crippen LogP) is 2.05. The molecule has 0 aromatic heterocycles. The number of nitrogens with zero attached hydrogens (tertiary/aromatic N) is 1. The minimum Gasteiger partial charge on any atom is -0.478 e. The van der Waals surface area contributed by atoms with Crippen molar-refractivity contribution in [2.24, 2.45) is 0 Å². The van der Waals surface area contributed by atoms with Crippen molar-refractivity contribution in [3.63, 3.8) is 0 Å². The van der Waals surface area contributed by atoms with Gasteiger partial charge >= 0.3 is 11.9 Å². The highest BCUT2D eigenvalue weighted by Crippen LogP contribution is 2.08. The van der Waals surface area contributed by atoms with Gasteiger partial charge in [-0.2, -0.15) is 0 Å². The molecule has 0 aliphatic rings. The molecule has 9 nitrogen and oxygen atoms in total. The number of aliphatic carboxylic acids is 2. The van der Waals surface area contributed by atoms with E-state index in [1.165, 1.54) is 0 Å². The maximum Gasteiger partial charge on any atom is 0.328 e. The van der Waals surface area contributed by atoms with Gasteiger partial charge in [-0.1, -0.05) is 36.4 Å². The summed E-state index contributed by atoms with van der Waals surface area (Å²) in [5.74, 6) is -2.75. The number of hydrogen-bond acceptors (Lipinski definition) is 4. The summed E-state index contributed by atoms with van der Waals surface area (Å²) in [4.78, 5) is 43.3. The molecule has 0 aliphatic heterocycles. The van der Waals surface area contributed by atoms with Crippen molar-refractivity contribution in [3.8, 4) is 0 Å². The Morgan fingerprint density at radius 1 is 0.710 bits per heavy atom. The Morgan fingerprint density at radius 3 is 1.32 bits per heavy atom. The van der Waals surface area contributed by atoms with Crippen LogP contribution in [0, 0.1) is 0 Å². The Labute approximate surface area is 180 Å². The second kappa shape index (κ2) is 12.6. The van der Waals surface area contributed by atoms with Gasteiger partial charge in [0, 0.05) is 23.5 Å². The molecule has 0 radical (unpaired) electrons. The first kappa shape index (κ1) is 25.1. The second-order valence-electron chi connectivity index (χ2n) is 7.09. The fraction of sp³-hybridized carbons (Fsp3) is 0.182. The maximum atomic E-state index is 12.1. The van der Waals surface area contributed by atoms with E-state index in [0.29, 0.717) is 12.2 Å². The first-order chi connectivity index (χ1) is 14.6. The second-order valence-corrected chi connectivity index (χ2v) is 7.09. The van der Waals surface area contributed by atoms with Gasteiger partial charge in [0.05, 0.1) is 14.1 Å². The van der Waals surface area contributed by atoms with E-state index in [0.717, 1.165) is 11.4 Å². The van der Waals surface area contributed by atoms with E-state index in [2.05, 4.69) is 10.6 Å². The quantitative estimate of drug-likeness (QED) is 0.376. The molecule has 31 heavy (non-hydrogen) atoms. The lowest BCUT2D eigenvalue weighted by atomic mass is 10.3. The van der Waals surface area contributed by atoms with Crippen LogP contribution in [0.2, 0.25) is 0 Å². The summed E-state index contributed by atoms with van der Waals surface area (Å²) in [6.07, 6.45) is 1.12. The fourth-order valence-corrected chi connectivity index (χ4v) is 2.42. The topological polar surface area (TPSA) is 133 Å². The van der Waals surface area contributed by atoms with Crippen LogP contribution < -0.4 is 10.6 Å². The van der Waals surface area contributed by atoms with Crippen LogP contribution in [-0.4, -0.2) is 65.6 Å². The number of hydrogen-bond donors (Lipinski definition) is 4. The van der Waals surface area contributed by atoms with Crippen LogP contribution in [0.1, 0.15) is 0 Å². The number of carbonyl (C=O) groups excluding carboxylic acids is 2. The van der Waals surface area contributed by atoms with E-state index >= 15 is 0 Å². The molecule has 9 heteroatoms. The van der Waals surface area contributed by atoms with E-state index in [-0.39, 0.29) is 29.4 Å². The molecule has 0 saturated heterocycles. The van der Waals surface area contributed by atoms with Crippen LogP contribution >= 0.6 is 0 Å². The predicted molar refractivity (Wildman–Crippen MR) is 116 cm³/mol. The summed E-state index contributed by atoms with van der Waals surface area (Å²) in [7, 11) is 3.71. The molecule has 2 rings (SSSR count). The SMILES string of the molecule is C[N+](C)(CC(=O)Nc1ccccc1)CC(=O)Nc1ccccc1.O=C(O)/C=C\C(=O)O. The lowest BCUT2D eigenvalue weighted by Gasteiger charge is -2.28. The highest BCUT2D eigenvalue weighted by Gasteiger charge is 2.24. The molecule has 0 atom stereocenters. The Hall–Kier alpha value is -3.98. The van der Waals surface area contributed by atoms with Gasteiger partial charge in [-0.05, 0) is 24.3 Å². The zero-order chi connectivity index (χ0) is 23.3. The molecule has 0 spiro atoms. The summed E-state index contributed by atoms with van der Waals surface area (Å²) >= 11 is 0. The molecule has 2 aromatic carbocycles. The zero-order valence-corrected chi connectivity index (χ0v) is 17.3. The lowest BCUT2D eigenvalue weighted by Crippen LogP contribution is -2.49. The number of carboxylic acids is 2. The Balaban J connectivity index is 0.000000512. The Bertz CT molecular complexity index is 838. The van der Waals surface area contributed by atoms with Gasteiger partial charge in [-0.25, -0.2) is 9.59 Å². The summed E-state index contributed by atoms with van der Waals surface area (Å²) in [6.45, 7) is 0.439. The summed E-state index contributed by atoms with van der Waals surface area (Å²) in [5, 5.41) is 21.3. The Kier molecular flexibility index (Phi) is 10.1. The van der Waals surface area contributed by atoms with Gasteiger partial charge in [0.25, 0.3) is 11.8 Å². The van der Waals surface area contributed by atoms with E-state index < -0.39 is 11.9 Å². The van der Waals surface area contributed by atoms with Gasteiger partial charge < -0.3 is 25.3 Å². The number of para-hydroxylation sites is 2. The van der Waals surface area contributed by atoms with Gasteiger partial charge in [0.1, 0.15) is 0 Å². The molecule has 0 heterocycles. The van der Waals surface area contributed by atoms with Crippen LogP contribution in [0.15, 0.2) is 72.8 Å². The molecular weight excluding hydrogens is 402 g/mol. The van der Waals surface area contributed by atoms with Gasteiger partial charge in [0.15, 0.2) is 13.1 Å². The molecule has 4 N–H and O–H groups in total. The minimum absolute atomic E-state index is 0.117. The summed E-state index contributed by atoms with van der Waals surface area (Å²) < 4.78 is 0.275. The number of quaternary nitrogens is 1. The van der Waals surface area contributed by atoms with Crippen molar-refractivity contribution in [1.29, 1.82) is 0 Å². The smallest absolute Gasteiger partial charge is 0.328 e. The molecule has 2 amide bonds. The van der Waals surface area contributed by atoms with Crippen molar-refractivity contribution >= 4 is 35.1 Å². The number of likely N-dealkylation sites (N-methyl/N-ethyl adjacent to an activating group) is 1. The number of carboxylic acid groups (broad SMARTS) is 2. The first-order valence-corrected chi connectivity index (χ1v) is 9.23. The number of carbonyl (C=O) groups is 4. The van der Waals surface area contributed by atoms with Crippen LogP contribution in [0.4, 0.5) is 11.4 Å². The molecule has 0 saturated carbocycles. The van der Waals surface area contributed by atoms with Crippen LogP contribution in [0.5, 0.6) is 0 Å². The molecule has 0 bridgehead atoms. The van der Waals surface area contributed by atoms with Gasteiger partial charge in [0.2, 0.25) is 0 Å². The molecule has 0 fully saturated rings. The maximum absolute atomic E-state index is 12.1. The molecule has 2 aromatic rings. The van der Waals surface area contributed by atoms with Crippen molar-refractivity contribution in [3.05, 3.63) is 72.8 Å². The summed E-state index contributed by atoms with van der Waals surface area (Å²) in [6, 6.07) is 18.6. The van der Waals surface area contributed by atoms with E-state index in [1.807, 2.05) is 74.8 Å². The molecular formula is C22H26N3O6+. The largest absolute Gasteiger partial charge is 0.478 e. The average molecular weight is 428 g/mol. The van der Waals surface area contributed by atoms with Gasteiger partial charge in [-0.3, -0.25) is 9.59 Å². The number of benzene rings is 2. The third-order valence-electron chi connectivity index (χ3n) is 3.63. The van der Waals surface area contributed by atoms with Crippen molar-refractivity contribution in [2.45, 2.75) is 0 Å². The molecule has 0 unspecified atom stereocenters. The number of nitrogens with one attached hydrogen (secondary N) is 2. The van der Waals surface area contributed by atoms with Gasteiger partial charge in [-0.15, -0.1) is 0 Å². The molecule has 164 valence electrons. The number of rotatable bonds is 8. The molecule has 0 aliphatic carbocycles. The monoisotopic (exact) mass is 428 g/mol. The van der Waals surface area contributed by atoms with Crippen LogP contribution in [-0.2, 0) is 19.2 Å². The van der Waals surface area contributed by atoms with E-state index in [4.69, 9.17) is 10.2 Å². The summed E-state index contributed by atoms with van der Waals surface area (Å²) in [5.41, 5.74) is 1.51. The number of anilines is 2. The first-order valence-electron chi connectivity index (χ1n) is 9.23. The standard InChI is InChI=1S/C18H21N3O2.C4H4O4/c1-21(2,13-17(22)19-15-9-5-3-6-10-15)14-18(23)20-16-11-7-4-8-12-16;5-3(6)1-2-4(7)8/h3-12H,13-14H2,1-2H3,(H-,19,20,22,23);1-2H,(H,5,6)(H,7,8)/p+1/b;2-1-. The fourth-order valence-electron chi connectivity index (χ4n) is 2.42. The Morgan fingerprint density at radius 2 is 1.03 bits per heavy atom. The minimum atomic E-state index is -1.26. The van der Waals surface area contributed by atoms with Crippen molar-refractivity contribution in [1.82, 2.24) is 0 Å². The lowest BCUT2D eigenvalue weighted by molar-refractivity contribution is -0.874. The number of amides is 2. The van der Waals surface area contributed by atoms with Crippen LogP contribution in [0.25, 0.3) is 0 Å². The van der Waals surface area contributed by atoms with Crippen molar-refractivity contribution in [2.75, 3.05) is 37.8 Å².